The Kier molecular flexibility index (Phi) is 6.79. The van der Waals surface area contributed by atoms with E-state index in [1.54, 1.807) is 12.3 Å². The van der Waals surface area contributed by atoms with Gasteiger partial charge >= 0.3 is 0 Å². The van der Waals surface area contributed by atoms with Crippen LogP contribution in [0.25, 0.3) is 0 Å². The quantitative estimate of drug-likeness (QED) is 0.592. The van der Waals surface area contributed by atoms with Crippen molar-refractivity contribution in [3.05, 3.63) is 76.1 Å². The Morgan fingerprint density at radius 1 is 1.23 bits per heavy atom. The van der Waals surface area contributed by atoms with Gasteiger partial charge in [-0.25, -0.2) is 4.98 Å². The molecule has 0 aliphatic carbocycles. The van der Waals surface area contributed by atoms with Crippen molar-refractivity contribution in [3.8, 4) is 0 Å². The van der Waals surface area contributed by atoms with Crippen molar-refractivity contribution in [2.75, 3.05) is 19.6 Å². The number of nitrogens with one attached hydrogen (secondary N) is 2. The van der Waals surface area contributed by atoms with Crippen LogP contribution in [-0.4, -0.2) is 47.4 Å². The van der Waals surface area contributed by atoms with Gasteiger partial charge in [-0.1, -0.05) is 30.3 Å². The number of hydrogen-bond acceptors (Lipinski definition) is 6. The molecule has 1 fully saturated rings. The Labute approximate surface area is 185 Å². The van der Waals surface area contributed by atoms with Gasteiger partial charge in [0.2, 0.25) is 5.91 Å². The highest BCUT2D eigenvalue weighted by Crippen LogP contribution is 2.23. The number of benzene rings is 1. The third kappa shape index (κ3) is 5.39. The van der Waals surface area contributed by atoms with Gasteiger partial charge in [0, 0.05) is 36.3 Å². The Hall–Kier alpha value is -2.97. The molecule has 1 aliphatic heterocycles. The molecule has 1 aliphatic rings. The monoisotopic (exact) mass is 438 g/mol. The van der Waals surface area contributed by atoms with E-state index in [2.05, 4.69) is 20.5 Å². The zero-order valence-corrected chi connectivity index (χ0v) is 18.2. The van der Waals surface area contributed by atoms with Crippen molar-refractivity contribution in [2.45, 2.75) is 31.8 Å². The summed E-state index contributed by atoms with van der Waals surface area (Å²) in [7, 11) is 0. The highest BCUT2D eigenvalue weighted by molar-refractivity contribution is 7.09. The molecule has 7 nitrogen and oxygen atoms in total. The van der Waals surface area contributed by atoms with Gasteiger partial charge < -0.3 is 15.1 Å². The summed E-state index contributed by atoms with van der Waals surface area (Å²) in [4.78, 5) is 31.6. The second kappa shape index (κ2) is 9.89. The van der Waals surface area contributed by atoms with E-state index >= 15 is 0 Å². The van der Waals surface area contributed by atoms with Gasteiger partial charge in [-0.05, 0) is 31.4 Å². The summed E-state index contributed by atoms with van der Waals surface area (Å²) in [6.07, 6.45) is 4.88. The lowest BCUT2D eigenvalue weighted by Gasteiger charge is -2.32. The largest absolute Gasteiger partial charge is 0.459 e. The predicted octanol–water partition coefficient (Wildman–Crippen LogP) is 3.14. The molecule has 1 aromatic carbocycles. The van der Waals surface area contributed by atoms with E-state index in [-0.39, 0.29) is 23.9 Å². The Bertz CT molecular complexity index is 995. The number of furan rings is 1. The number of rotatable bonds is 7. The van der Waals surface area contributed by atoms with Crippen LogP contribution in [-0.2, 0) is 4.79 Å². The van der Waals surface area contributed by atoms with E-state index in [0.717, 1.165) is 42.1 Å². The highest BCUT2D eigenvalue weighted by Gasteiger charge is 2.25. The fraction of sp³-hybridized carbons (Fsp3) is 0.348. The maximum absolute atomic E-state index is 12.8. The molecule has 0 saturated carbocycles. The van der Waals surface area contributed by atoms with Crippen LogP contribution in [0.5, 0.6) is 0 Å². The Balaban J connectivity index is 1.28. The average Bonchev–Trinajstić information content (AvgIpc) is 3.46. The molecule has 2 N–H and O–H groups in total. The molecular formula is C23H26N4O3S. The van der Waals surface area contributed by atoms with E-state index < -0.39 is 0 Å². The summed E-state index contributed by atoms with van der Waals surface area (Å²) in [5.41, 5.74) is 1.85. The van der Waals surface area contributed by atoms with Gasteiger partial charge in [-0.3, -0.25) is 14.5 Å². The van der Waals surface area contributed by atoms with Crippen LogP contribution in [0.4, 0.5) is 0 Å². The van der Waals surface area contributed by atoms with E-state index in [1.165, 1.54) is 17.6 Å². The molecule has 1 saturated heterocycles. The molecule has 1 atom stereocenters. The smallest absolute Gasteiger partial charge is 0.287 e. The number of amides is 2. The fourth-order valence-corrected chi connectivity index (χ4v) is 4.53. The number of thiazole rings is 1. The zero-order chi connectivity index (χ0) is 21.6. The lowest BCUT2D eigenvalue weighted by atomic mass is 10.0. The van der Waals surface area contributed by atoms with Crippen molar-refractivity contribution in [3.63, 3.8) is 0 Å². The number of aromatic nitrogens is 1. The first-order valence-electron chi connectivity index (χ1n) is 10.4. The van der Waals surface area contributed by atoms with Crippen molar-refractivity contribution in [2.24, 2.45) is 0 Å². The molecule has 2 aromatic heterocycles. The second-order valence-electron chi connectivity index (χ2n) is 7.74. The summed E-state index contributed by atoms with van der Waals surface area (Å²) in [6.45, 7) is 3.69. The molecule has 3 heterocycles. The Morgan fingerprint density at radius 2 is 2.00 bits per heavy atom. The maximum Gasteiger partial charge on any atom is 0.287 e. The fourth-order valence-electron chi connectivity index (χ4n) is 3.81. The molecule has 8 heteroatoms. The van der Waals surface area contributed by atoms with Gasteiger partial charge in [0.15, 0.2) is 5.76 Å². The highest BCUT2D eigenvalue weighted by atomic mass is 32.1. The lowest BCUT2D eigenvalue weighted by molar-refractivity contribution is -0.123. The van der Waals surface area contributed by atoms with Gasteiger partial charge in [0.05, 0.1) is 12.8 Å². The number of aryl methyl sites for hydroxylation is 1. The van der Waals surface area contributed by atoms with Crippen LogP contribution >= 0.6 is 11.3 Å². The minimum atomic E-state index is -0.248. The van der Waals surface area contributed by atoms with Crippen LogP contribution in [0, 0.1) is 6.92 Å². The first kappa shape index (κ1) is 21.3. The van der Waals surface area contributed by atoms with E-state index in [9.17, 15) is 9.59 Å². The average molecular weight is 439 g/mol. The standard InChI is InChI=1S/C23H26N4O3S/c1-16-9-13-30-21(16)22(29)25-18-7-11-27(12-8-18)15-19(28)26-20(23-24-10-14-31-23)17-5-3-2-4-6-17/h2-6,9-10,13-14,18,20H,7-8,11-12,15H2,1H3,(H,25,29)(H,26,28). The number of hydrogen-bond donors (Lipinski definition) is 2. The van der Waals surface area contributed by atoms with Crippen LogP contribution in [0.2, 0.25) is 0 Å². The van der Waals surface area contributed by atoms with Crippen LogP contribution < -0.4 is 10.6 Å². The molecule has 0 spiro atoms. The van der Waals surface area contributed by atoms with Gasteiger partial charge in [-0.15, -0.1) is 11.3 Å². The minimum Gasteiger partial charge on any atom is -0.459 e. The van der Waals surface area contributed by atoms with E-state index in [4.69, 9.17) is 4.42 Å². The van der Waals surface area contributed by atoms with Crippen LogP contribution in [0.15, 0.2) is 58.7 Å². The molecule has 162 valence electrons. The summed E-state index contributed by atoms with van der Waals surface area (Å²) in [5.74, 6) is 0.168. The first-order chi connectivity index (χ1) is 15.1. The second-order valence-corrected chi connectivity index (χ2v) is 8.66. The number of carbonyl (C=O) groups is 2. The molecule has 0 bridgehead atoms. The summed E-state index contributed by atoms with van der Waals surface area (Å²) in [6, 6.07) is 11.5. The van der Waals surface area contributed by atoms with Gasteiger partial charge in [-0.2, -0.15) is 0 Å². The molecule has 3 aromatic rings. The Morgan fingerprint density at radius 3 is 2.65 bits per heavy atom. The number of piperidine rings is 1. The molecule has 0 radical (unpaired) electrons. The molecule has 4 rings (SSSR count). The zero-order valence-electron chi connectivity index (χ0n) is 17.4. The third-order valence-corrected chi connectivity index (χ3v) is 6.34. The normalized spacial score (nSPS) is 16.0. The molecule has 1 unspecified atom stereocenters. The minimum absolute atomic E-state index is 0.0299. The van der Waals surface area contributed by atoms with E-state index in [0.29, 0.717) is 12.3 Å². The summed E-state index contributed by atoms with van der Waals surface area (Å²) < 4.78 is 5.27. The van der Waals surface area contributed by atoms with Crippen molar-refractivity contribution >= 4 is 23.2 Å². The maximum atomic E-state index is 12.8. The van der Waals surface area contributed by atoms with Crippen molar-refractivity contribution in [1.82, 2.24) is 20.5 Å². The van der Waals surface area contributed by atoms with Crippen molar-refractivity contribution < 1.29 is 14.0 Å². The number of nitrogens with zero attached hydrogens (tertiary/aromatic N) is 2. The lowest BCUT2D eigenvalue weighted by Crippen LogP contribution is -2.47. The molecule has 2 amide bonds. The summed E-state index contributed by atoms with van der Waals surface area (Å²) >= 11 is 1.53. The van der Waals surface area contributed by atoms with E-state index in [1.807, 2.05) is 42.6 Å². The topological polar surface area (TPSA) is 87.5 Å². The number of carbonyl (C=O) groups excluding carboxylic acids is 2. The molecule has 31 heavy (non-hydrogen) atoms. The number of likely N-dealkylation sites (tertiary alicyclic amines) is 1. The SMILES string of the molecule is Cc1ccoc1C(=O)NC1CCN(CC(=O)NC(c2ccccc2)c2nccs2)CC1. The third-order valence-electron chi connectivity index (χ3n) is 5.49. The first-order valence-corrected chi connectivity index (χ1v) is 11.3. The summed E-state index contributed by atoms with van der Waals surface area (Å²) in [5, 5.41) is 8.96. The van der Waals surface area contributed by atoms with Crippen molar-refractivity contribution in [1.29, 1.82) is 0 Å². The van der Waals surface area contributed by atoms with Crippen LogP contribution in [0.3, 0.4) is 0 Å². The van der Waals surface area contributed by atoms with Gasteiger partial charge in [0.1, 0.15) is 11.0 Å². The van der Waals surface area contributed by atoms with Crippen LogP contribution in [0.1, 0.15) is 45.6 Å². The van der Waals surface area contributed by atoms with Gasteiger partial charge in [0.25, 0.3) is 5.91 Å². The predicted molar refractivity (Wildman–Crippen MR) is 119 cm³/mol. The molecular weight excluding hydrogens is 412 g/mol.